The van der Waals surface area contributed by atoms with Crippen LogP contribution in [0.1, 0.15) is 35.9 Å². The molecule has 3 aromatic rings. The SMILES string of the molecule is CC(C)NC(=O)Nc1ccccc1C(=O)OCc1nc(COc2ccc(F)cc2)no1. The Balaban J connectivity index is 1.54. The Kier molecular flexibility index (Phi) is 7.15. The van der Waals surface area contributed by atoms with Crippen LogP contribution >= 0.6 is 0 Å². The summed E-state index contributed by atoms with van der Waals surface area (Å²) in [5.41, 5.74) is 0.491. The van der Waals surface area contributed by atoms with E-state index in [4.69, 9.17) is 14.0 Å². The van der Waals surface area contributed by atoms with Crippen molar-refractivity contribution < 1.29 is 28.0 Å². The third-order valence-electron chi connectivity index (χ3n) is 3.83. The fourth-order valence-corrected chi connectivity index (χ4v) is 2.48. The second-order valence-corrected chi connectivity index (χ2v) is 6.72. The van der Waals surface area contributed by atoms with Gasteiger partial charge in [0.05, 0.1) is 11.3 Å². The number of aromatic nitrogens is 2. The molecule has 2 N–H and O–H groups in total. The van der Waals surface area contributed by atoms with Gasteiger partial charge >= 0.3 is 12.0 Å². The van der Waals surface area contributed by atoms with Gasteiger partial charge in [0, 0.05) is 6.04 Å². The summed E-state index contributed by atoms with van der Waals surface area (Å²) in [5, 5.41) is 9.04. The van der Waals surface area contributed by atoms with E-state index in [1.807, 2.05) is 13.8 Å². The van der Waals surface area contributed by atoms with Gasteiger partial charge in [-0.25, -0.2) is 14.0 Å². The van der Waals surface area contributed by atoms with E-state index in [1.165, 1.54) is 30.3 Å². The zero-order valence-electron chi connectivity index (χ0n) is 16.9. The van der Waals surface area contributed by atoms with Crippen molar-refractivity contribution >= 4 is 17.7 Å². The first-order chi connectivity index (χ1) is 14.9. The van der Waals surface area contributed by atoms with Gasteiger partial charge < -0.3 is 24.6 Å². The summed E-state index contributed by atoms with van der Waals surface area (Å²) in [6, 6.07) is 11.5. The number of hydrogen-bond acceptors (Lipinski definition) is 7. The molecule has 2 amide bonds. The van der Waals surface area contributed by atoms with Crippen LogP contribution in [-0.2, 0) is 18.0 Å². The lowest BCUT2D eigenvalue weighted by molar-refractivity contribution is 0.0431. The molecule has 0 bridgehead atoms. The minimum atomic E-state index is -0.664. The highest BCUT2D eigenvalue weighted by molar-refractivity contribution is 6.00. The van der Waals surface area contributed by atoms with Crippen molar-refractivity contribution in [3.63, 3.8) is 0 Å². The van der Waals surface area contributed by atoms with E-state index in [2.05, 4.69) is 20.8 Å². The molecule has 0 spiro atoms. The predicted octanol–water partition coefficient (Wildman–Crippen LogP) is 3.67. The Morgan fingerprint density at radius 3 is 2.58 bits per heavy atom. The van der Waals surface area contributed by atoms with Crippen molar-refractivity contribution in [3.05, 3.63) is 71.6 Å². The van der Waals surface area contributed by atoms with Crippen LogP contribution in [0.4, 0.5) is 14.9 Å². The minimum absolute atomic E-state index is 0.000789. The number of benzene rings is 2. The molecule has 9 nitrogen and oxygen atoms in total. The van der Waals surface area contributed by atoms with Gasteiger partial charge in [0.2, 0.25) is 5.82 Å². The Labute approximate surface area is 177 Å². The molecule has 1 heterocycles. The molecule has 162 valence electrons. The number of ether oxygens (including phenoxy) is 2. The highest BCUT2D eigenvalue weighted by Crippen LogP contribution is 2.17. The summed E-state index contributed by atoms with van der Waals surface area (Å²) in [5.74, 6) is -0.266. The molecule has 0 saturated carbocycles. The van der Waals surface area contributed by atoms with Gasteiger partial charge in [0.1, 0.15) is 11.6 Å². The smallest absolute Gasteiger partial charge is 0.340 e. The fraction of sp³-hybridized carbons (Fsp3) is 0.238. The molecule has 0 saturated heterocycles. The average Bonchev–Trinajstić information content (AvgIpc) is 3.19. The van der Waals surface area contributed by atoms with Gasteiger partial charge in [-0.2, -0.15) is 4.98 Å². The average molecular weight is 428 g/mol. The van der Waals surface area contributed by atoms with E-state index in [0.717, 1.165) is 0 Å². The number of urea groups is 1. The summed E-state index contributed by atoms with van der Waals surface area (Å²) < 4.78 is 28.6. The molecule has 0 fully saturated rings. The van der Waals surface area contributed by atoms with Crippen LogP contribution in [0, 0.1) is 5.82 Å². The second kappa shape index (κ2) is 10.2. The Bertz CT molecular complexity index is 1040. The standard InChI is InChI=1S/C21H21FN4O5/c1-13(2)23-21(28)24-17-6-4-3-5-16(17)20(27)30-12-19-25-18(26-31-19)11-29-15-9-7-14(22)8-10-15/h3-10,13H,11-12H2,1-2H3,(H2,23,24,28). The summed E-state index contributed by atoms with van der Waals surface area (Å²) >= 11 is 0. The molecular formula is C21H21FN4O5. The van der Waals surface area contributed by atoms with Gasteiger partial charge in [-0.1, -0.05) is 17.3 Å². The molecule has 1 aromatic heterocycles. The highest BCUT2D eigenvalue weighted by atomic mass is 19.1. The van der Waals surface area contributed by atoms with Crippen LogP contribution in [-0.4, -0.2) is 28.2 Å². The van der Waals surface area contributed by atoms with Crippen molar-refractivity contribution in [1.29, 1.82) is 0 Å². The molecule has 0 aliphatic heterocycles. The first kappa shape index (κ1) is 21.8. The molecule has 0 aliphatic rings. The van der Waals surface area contributed by atoms with E-state index in [9.17, 15) is 14.0 Å². The number of esters is 1. The maximum Gasteiger partial charge on any atom is 0.340 e. The lowest BCUT2D eigenvalue weighted by Gasteiger charge is -2.12. The van der Waals surface area contributed by atoms with E-state index < -0.39 is 12.0 Å². The number of carbonyl (C=O) groups is 2. The van der Waals surface area contributed by atoms with E-state index in [0.29, 0.717) is 11.4 Å². The number of halogens is 1. The molecule has 0 atom stereocenters. The molecular weight excluding hydrogens is 407 g/mol. The number of anilines is 1. The van der Waals surface area contributed by atoms with E-state index in [1.54, 1.807) is 18.2 Å². The third-order valence-corrected chi connectivity index (χ3v) is 3.83. The van der Waals surface area contributed by atoms with Gasteiger partial charge in [-0.05, 0) is 50.2 Å². The molecule has 3 rings (SSSR count). The molecule has 0 radical (unpaired) electrons. The lowest BCUT2D eigenvalue weighted by Crippen LogP contribution is -2.34. The van der Waals surface area contributed by atoms with Crippen molar-refractivity contribution in [2.24, 2.45) is 0 Å². The first-order valence-corrected chi connectivity index (χ1v) is 9.44. The van der Waals surface area contributed by atoms with Crippen LogP contribution in [0.3, 0.4) is 0 Å². The maximum absolute atomic E-state index is 12.9. The fourth-order valence-electron chi connectivity index (χ4n) is 2.48. The van der Waals surface area contributed by atoms with Crippen LogP contribution in [0.2, 0.25) is 0 Å². The van der Waals surface area contributed by atoms with Gasteiger partial charge in [0.25, 0.3) is 5.89 Å². The first-order valence-electron chi connectivity index (χ1n) is 9.44. The topological polar surface area (TPSA) is 116 Å². The molecule has 0 aliphatic carbocycles. The number of rotatable bonds is 8. The molecule has 0 unspecified atom stereocenters. The van der Waals surface area contributed by atoms with Crippen LogP contribution in [0.25, 0.3) is 0 Å². The number of para-hydroxylation sites is 1. The Morgan fingerprint density at radius 1 is 1.10 bits per heavy atom. The van der Waals surface area contributed by atoms with Gasteiger partial charge in [-0.15, -0.1) is 0 Å². The van der Waals surface area contributed by atoms with Crippen molar-refractivity contribution in [3.8, 4) is 5.75 Å². The zero-order valence-corrected chi connectivity index (χ0v) is 16.9. The Hall–Kier alpha value is -3.95. The molecule has 10 heteroatoms. The van der Waals surface area contributed by atoms with Gasteiger partial charge in [-0.3, -0.25) is 0 Å². The lowest BCUT2D eigenvalue weighted by atomic mass is 10.2. The van der Waals surface area contributed by atoms with Crippen molar-refractivity contribution in [2.45, 2.75) is 33.1 Å². The van der Waals surface area contributed by atoms with E-state index >= 15 is 0 Å². The zero-order chi connectivity index (χ0) is 22.2. The molecule has 31 heavy (non-hydrogen) atoms. The summed E-state index contributed by atoms with van der Waals surface area (Å²) in [4.78, 5) is 28.4. The maximum atomic E-state index is 12.9. The van der Waals surface area contributed by atoms with Crippen LogP contribution in [0.15, 0.2) is 53.1 Å². The van der Waals surface area contributed by atoms with Crippen LogP contribution in [0.5, 0.6) is 5.75 Å². The predicted molar refractivity (Wildman–Crippen MR) is 108 cm³/mol. The quantitative estimate of drug-likeness (QED) is 0.526. The van der Waals surface area contributed by atoms with E-state index in [-0.39, 0.29) is 42.4 Å². The largest absolute Gasteiger partial charge is 0.485 e. The van der Waals surface area contributed by atoms with Crippen LogP contribution < -0.4 is 15.4 Å². The normalized spacial score (nSPS) is 10.6. The minimum Gasteiger partial charge on any atom is -0.485 e. The highest BCUT2D eigenvalue weighted by Gasteiger charge is 2.16. The number of nitrogens with one attached hydrogen (secondary N) is 2. The summed E-state index contributed by atoms with van der Waals surface area (Å²) in [7, 11) is 0. The van der Waals surface area contributed by atoms with Gasteiger partial charge in [0.15, 0.2) is 13.2 Å². The third kappa shape index (κ3) is 6.53. The summed E-state index contributed by atoms with van der Waals surface area (Å²) in [6.07, 6.45) is 0. The monoisotopic (exact) mass is 428 g/mol. The number of nitrogens with zero attached hydrogens (tertiary/aromatic N) is 2. The summed E-state index contributed by atoms with van der Waals surface area (Å²) in [6.45, 7) is 3.39. The van der Waals surface area contributed by atoms with Crippen molar-refractivity contribution in [2.75, 3.05) is 5.32 Å². The number of carbonyl (C=O) groups excluding carboxylic acids is 2. The van der Waals surface area contributed by atoms with Crippen molar-refractivity contribution in [1.82, 2.24) is 15.5 Å². The Morgan fingerprint density at radius 2 is 1.84 bits per heavy atom. The molecule has 2 aromatic carbocycles. The second-order valence-electron chi connectivity index (χ2n) is 6.72. The number of hydrogen-bond donors (Lipinski definition) is 2. The number of amides is 2.